The maximum atomic E-state index is 13.7. The van der Waals surface area contributed by atoms with Gasteiger partial charge in [-0.1, -0.05) is 36.9 Å². The van der Waals surface area contributed by atoms with E-state index in [9.17, 15) is 9.59 Å². The molecule has 2 aromatic carbocycles. The number of hydrogen-bond donors (Lipinski definition) is 1. The Morgan fingerprint density at radius 1 is 1.14 bits per heavy atom. The molecule has 2 aromatic heterocycles. The van der Waals surface area contributed by atoms with Crippen molar-refractivity contribution in [2.75, 3.05) is 18.9 Å². The molecule has 0 saturated carbocycles. The van der Waals surface area contributed by atoms with Crippen LogP contribution in [0, 0.1) is 0 Å². The summed E-state index contributed by atoms with van der Waals surface area (Å²) in [5.74, 6) is 1.09. The molecule has 0 spiro atoms. The van der Waals surface area contributed by atoms with Gasteiger partial charge in [-0.25, -0.2) is 4.98 Å². The molecular weight excluding hydrogens is 460 g/mol. The van der Waals surface area contributed by atoms with E-state index in [1.54, 1.807) is 4.57 Å². The molecule has 3 heterocycles. The quantitative estimate of drug-likeness (QED) is 0.286. The molecular formula is C27H30N4O3S. The van der Waals surface area contributed by atoms with Crippen LogP contribution in [-0.4, -0.2) is 50.3 Å². The fourth-order valence-corrected chi connectivity index (χ4v) is 5.78. The number of aromatic nitrogens is 3. The predicted molar refractivity (Wildman–Crippen MR) is 141 cm³/mol. The molecule has 1 saturated heterocycles. The van der Waals surface area contributed by atoms with E-state index in [0.717, 1.165) is 42.5 Å². The van der Waals surface area contributed by atoms with Gasteiger partial charge in [-0.15, -0.1) is 0 Å². The fraction of sp³-hybridized carbons (Fsp3) is 0.370. The minimum atomic E-state index is -0.185. The summed E-state index contributed by atoms with van der Waals surface area (Å²) in [5, 5.41) is 1.41. The van der Waals surface area contributed by atoms with E-state index in [1.165, 1.54) is 18.2 Å². The van der Waals surface area contributed by atoms with E-state index in [2.05, 4.69) is 11.9 Å². The van der Waals surface area contributed by atoms with Gasteiger partial charge < -0.3 is 14.6 Å². The van der Waals surface area contributed by atoms with Gasteiger partial charge in [-0.05, 0) is 62.9 Å². The number of benzene rings is 2. The first-order chi connectivity index (χ1) is 17.1. The highest BCUT2D eigenvalue weighted by Gasteiger charge is 2.26. The third-order valence-electron chi connectivity index (χ3n) is 6.64. The number of ether oxygens (including phenoxy) is 1. The summed E-state index contributed by atoms with van der Waals surface area (Å²) in [6.45, 7) is 5.45. The monoisotopic (exact) mass is 490 g/mol. The van der Waals surface area contributed by atoms with Crippen LogP contribution in [-0.2, 0) is 4.79 Å². The highest BCUT2D eigenvalue weighted by atomic mass is 32.2. The summed E-state index contributed by atoms with van der Waals surface area (Å²) >= 11 is 1.33. The van der Waals surface area contributed by atoms with Gasteiger partial charge in [0.2, 0.25) is 5.91 Å². The summed E-state index contributed by atoms with van der Waals surface area (Å²) in [5.41, 5.74) is 2.45. The average molecular weight is 491 g/mol. The number of carbonyl (C=O) groups is 1. The topological polar surface area (TPSA) is 80.2 Å². The van der Waals surface area contributed by atoms with Gasteiger partial charge in [-0.3, -0.25) is 14.2 Å². The molecule has 0 bridgehead atoms. The fourth-order valence-electron chi connectivity index (χ4n) is 4.89. The molecule has 1 unspecified atom stereocenters. The first kappa shape index (κ1) is 23.5. The molecule has 1 aliphatic rings. The lowest BCUT2D eigenvalue weighted by molar-refractivity contribution is -0.132. The number of rotatable bonds is 7. The van der Waals surface area contributed by atoms with Gasteiger partial charge in [-0.2, -0.15) is 0 Å². The number of amides is 1. The van der Waals surface area contributed by atoms with Crippen molar-refractivity contribution < 1.29 is 9.53 Å². The summed E-state index contributed by atoms with van der Waals surface area (Å²) in [4.78, 5) is 37.1. The molecule has 1 aliphatic heterocycles. The van der Waals surface area contributed by atoms with Crippen LogP contribution in [0.5, 0.6) is 5.75 Å². The number of carbonyl (C=O) groups excluding carboxylic acids is 1. The number of H-pyrrole nitrogens is 1. The largest absolute Gasteiger partial charge is 0.494 e. The zero-order valence-corrected chi connectivity index (χ0v) is 20.9. The first-order valence-corrected chi connectivity index (χ1v) is 13.3. The van der Waals surface area contributed by atoms with Crippen molar-refractivity contribution in [3.63, 3.8) is 0 Å². The highest BCUT2D eigenvalue weighted by molar-refractivity contribution is 7.99. The molecule has 0 radical (unpaired) electrons. The van der Waals surface area contributed by atoms with Crippen molar-refractivity contribution >= 4 is 39.6 Å². The van der Waals surface area contributed by atoms with Crippen molar-refractivity contribution in [1.82, 2.24) is 19.4 Å². The SMILES string of the molecule is CCOc1ccc(-n2c(SCC(=O)N3CCCCC3CC)nc3c([nH]c4ccccc43)c2=O)cc1. The molecule has 1 amide bonds. The predicted octanol–water partition coefficient (Wildman–Crippen LogP) is 5.15. The Labute approximate surface area is 208 Å². The van der Waals surface area contributed by atoms with Crippen LogP contribution in [0.3, 0.4) is 0 Å². The normalized spacial score (nSPS) is 16.2. The molecule has 4 aromatic rings. The van der Waals surface area contributed by atoms with Gasteiger partial charge in [0.25, 0.3) is 5.56 Å². The number of hydrogen-bond acceptors (Lipinski definition) is 5. The smallest absolute Gasteiger partial charge is 0.283 e. The average Bonchev–Trinajstić information content (AvgIpc) is 3.27. The number of piperidine rings is 1. The number of thioether (sulfide) groups is 1. The molecule has 5 rings (SSSR count). The van der Waals surface area contributed by atoms with E-state index in [1.807, 2.05) is 60.4 Å². The van der Waals surface area contributed by atoms with Crippen LogP contribution in [0.4, 0.5) is 0 Å². The van der Waals surface area contributed by atoms with Crippen molar-refractivity contribution in [1.29, 1.82) is 0 Å². The van der Waals surface area contributed by atoms with E-state index in [-0.39, 0.29) is 17.2 Å². The van der Waals surface area contributed by atoms with Crippen LogP contribution in [0.1, 0.15) is 39.5 Å². The molecule has 0 aliphatic carbocycles. The first-order valence-electron chi connectivity index (χ1n) is 12.3. The molecule has 7 nitrogen and oxygen atoms in total. The molecule has 1 N–H and O–H groups in total. The second kappa shape index (κ2) is 10.2. The zero-order valence-electron chi connectivity index (χ0n) is 20.1. The standard InChI is InChI=1S/C27H30N4O3S/c1-3-18-9-7-8-16-30(18)23(32)17-35-27-29-24-21-10-5-6-11-22(21)28-25(24)26(33)31(27)19-12-14-20(15-13-19)34-4-2/h5-6,10-15,18,28H,3-4,7-9,16-17H2,1-2H3. The van der Waals surface area contributed by atoms with Gasteiger partial charge in [0.05, 0.1) is 18.0 Å². The third-order valence-corrected chi connectivity index (χ3v) is 7.57. The van der Waals surface area contributed by atoms with E-state index >= 15 is 0 Å². The van der Waals surface area contributed by atoms with Crippen LogP contribution >= 0.6 is 11.8 Å². The summed E-state index contributed by atoms with van der Waals surface area (Å²) < 4.78 is 7.17. The van der Waals surface area contributed by atoms with Crippen molar-refractivity contribution in [3.05, 3.63) is 58.9 Å². The third kappa shape index (κ3) is 4.55. The number of nitrogens with zero attached hydrogens (tertiary/aromatic N) is 3. The number of fused-ring (bicyclic) bond motifs is 3. The minimum absolute atomic E-state index is 0.105. The maximum Gasteiger partial charge on any atom is 0.283 e. The summed E-state index contributed by atoms with van der Waals surface area (Å²) in [6, 6.07) is 15.5. The zero-order chi connectivity index (χ0) is 24.4. The minimum Gasteiger partial charge on any atom is -0.494 e. The van der Waals surface area contributed by atoms with Crippen LogP contribution in [0.25, 0.3) is 27.6 Å². The molecule has 1 fully saturated rings. The lowest BCUT2D eigenvalue weighted by atomic mass is 10.0. The molecule has 8 heteroatoms. The van der Waals surface area contributed by atoms with Gasteiger partial charge in [0.15, 0.2) is 5.16 Å². The van der Waals surface area contributed by atoms with Gasteiger partial charge in [0.1, 0.15) is 16.8 Å². The van der Waals surface area contributed by atoms with Crippen LogP contribution in [0.15, 0.2) is 58.5 Å². The Hall–Kier alpha value is -3.26. The molecule has 35 heavy (non-hydrogen) atoms. The van der Waals surface area contributed by atoms with Crippen LogP contribution < -0.4 is 10.3 Å². The van der Waals surface area contributed by atoms with Crippen molar-refractivity contribution in [2.45, 2.75) is 50.7 Å². The van der Waals surface area contributed by atoms with Gasteiger partial charge in [0, 0.05) is 23.5 Å². The summed E-state index contributed by atoms with van der Waals surface area (Å²) in [6.07, 6.45) is 4.24. The lowest BCUT2D eigenvalue weighted by Crippen LogP contribution is -2.44. The lowest BCUT2D eigenvalue weighted by Gasteiger charge is -2.35. The Balaban J connectivity index is 1.56. The Morgan fingerprint density at radius 2 is 1.94 bits per heavy atom. The Kier molecular flexibility index (Phi) is 6.81. The van der Waals surface area contributed by atoms with Crippen LogP contribution in [0.2, 0.25) is 0 Å². The van der Waals surface area contributed by atoms with E-state index < -0.39 is 0 Å². The molecule has 182 valence electrons. The number of para-hydroxylation sites is 1. The van der Waals surface area contributed by atoms with E-state index in [0.29, 0.717) is 34.5 Å². The highest BCUT2D eigenvalue weighted by Crippen LogP contribution is 2.28. The second-order valence-corrected chi connectivity index (χ2v) is 9.73. The Bertz CT molecular complexity index is 1410. The second-order valence-electron chi connectivity index (χ2n) is 8.79. The number of aromatic amines is 1. The Morgan fingerprint density at radius 3 is 2.71 bits per heavy atom. The van der Waals surface area contributed by atoms with Crippen molar-refractivity contribution in [3.8, 4) is 11.4 Å². The van der Waals surface area contributed by atoms with Gasteiger partial charge >= 0.3 is 0 Å². The molecule has 1 atom stereocenters. The van der Waals surface area contributed by atoms with Crippen molar-refractivity contribution in [2.24, 2.45) is 0 Å². The van der Waals surface area contributed by atoms with E-state index in [4.69, 9.17) is 9.72 Å². The summed E-state index contributed by atoms with van der Waals surface area (Å²) in [7, 11) is 0. The maximum absolute atomic E-state index is 13.7. The number of nitrogens with one attached hydrogen (secondary N) is 1. The number of likely N-dealkylation sites (tertiary alicyclic amines) is 1.